The van der Waals surface area contributed by atoms with E-state index >= 15 is 0 Å². The van der Waals surface area contributed by atoms with Crippen molar-refractivity contribution in [2.24, 2.45) is 11.3 Å². The number of carbonyl (C=O) groups excluding carboxylic acids is 1. The van der Waals surface area contributed by atoms with Crippen molar-refractivity contribution in [3.8, 4) is 5.75 Å². The summed E-state index contributed by atoms with van der Waals surface area (Å²) >= 11 is 0. The van der Waals surface area contributed by atoms with E-state index in [1.54, 1.807) is 0 Å². The minimum absolute atomic E-state index is 0.0768. The van der Waals surface area contributed by atoms with Crippen LogP contribution in [-0.4, -0.2) is 56.0 Å². The molecule has 2 aromatic carbocycles. The molecule has 1 N–H and O–H groups in total. The first-order valence-corrected chi connectivity index (χ1v) is 11.7. The Kier molecular flexibility index (Phi) is 8.71. The van der Waals surface area contributed by atoms with Gasteiger partial charge in [0.25, 0.3) is 0 Å². The van der Waals surface area contributed by atoms with E-state index in [0.29, 0.717) is 6.61 Å². The number of ether oxygens (including phenoxy) is 1. The maximum Gasteiger partial charge on any atom is 0.223 e. The number of carbonyl (C=O) groups is 1. The second-order valence-electron chi connectivity index (χ2n) is 10.1. The fourth-order valence-corrected chi connectivity index (χ4v) is 4.47. The smallest absolute Gasteiger partial charge is 0.223 e. The van der Waals surface area contributed by atoms with E-state index in [1.165, 1.54) is 11.1 Å². The number of piperidine rings is 1. The second kappa shape index (κ2) is 11.5. The number of benzene rings is 2. The van der Waals surface area contributed by atoms with Gasteiger partial charge in [-0.3, -0.25) is 9.69 Å². The zero-order valence-corrected chi connectivity index (χ0v) is 20.1. The van der Waals surface area contributed by atoms with Gasteiger partial charge in [-0.2, -0.15) is 0 Å². The van der Waals surface area contributed by atoms with Crippen LogP contribution >= 0.6 is 0 Å². The third-order valence-corrected chi connectivity index (χ3v) is 6.00. The molecular formula is C27H39N3O2. The fourth-order valence-electron chi connectivity index (χ4n) is 4.47. The molecule has 174 valence electrons. The highest BCUT2D eigenvalue weighted by molar-refractivity contribution is 5.78. The standard InChI is InChI=1S/C27H39N3O2/c1-27(2,21-29(3)4)20-28-26(31)24-13-15-30(16-14-24)18-23-11-8-12-25(17-23)32-19-22-9-6-5-7-10-22/h5-12,17,24H,13-16,18-21H2,1-4H3,(H,28,31). The number of likely N-dealkylation sites (tertiary alicyclic amines) is 1. The molecule has 1 aliphatic rings. The van der Waals surface area contributed by atoms with Gasteiger partial charge in [-0.25, -0.2) is 0 Å². The lowest BCUT2D eigenvalue weighted by Crippen LogP contribution is -2.44. The van der Waals surface area contributed by atoms with Crippen molar-refractivity contribution in [1.29, 1.82) is 0 Å². The Hall–Kier alpha value is -2.37. The SMILES string of the molecule is CN(C)CC(C)(C)CNC(=O)C1CCN(Cc2cccc(OCc3ccccc3)c2)CC1. The number of amides is 1. The van der Waals surface area contributed by atoms with Crippen molar-refractivity contribution in [3.63, 3.8) is 0 Å². The molecule has 3 rings (SSSR count). The summed E-state index contributed by atoms with van der Waals surface area (Å²) in [6, 6.07) is 18.6. The topological polar surface area (TPSA) is 44.8 Å². The molecule has 0 radical (unpaired) electrons. The van der Waals surface area contributed by atoms with Gasteiger partial charge in [-0.15, -0.1) is 0 Å². The van der Waals surface area contributed by atoms with Crippen molar-refractivity contribution < 1.29 is 9.53 Å². The molecule has 0 saturated carbocycles. The Morgan fingerprint density at radius 1 is 1.06 bits per heavy atom. The number of hydrogen-bond acceptors (Lipinski definition) is 4. The highest BCUT2D eigenvalue weighted by Crippen LogP contribution is 2.22. The van der Waals surface area contributed by atoms with E-state index < -0.39 is 0 Å². The first-order valence-electron chi connectivity index (χ1n) is 11.7. The number of nitrogens with one attached hydrogen (secondary N) is 1. The molecule has 1 heterocycles. The Morgan fingerprint density at radius 3 is 2.44 bits per heavy atom. The lowest BCUT2D eigenvalue weighted by Gasteiger charge is -2.33. The zero-order chi connectivity index (χ0) is 23.0. The van der Waals surface area contributed by atoms with E-state index in [-0.39, 0.29) is 17.2 Å². The van der Waals surface area contributed by atoms with Gasteiger partial charge >= 0.3 is 0 Å². The van der Waals surface area contributed by atoms with Crippen LogP contribution in [0.2, 0.25) is 0 Å². The summed E-state index contributed by atoms with van der Waals surface area (Å²) in [5, 5.41) is 3.20. The molecular weight excluding hydrogens is 398 g/mol. The Bertz CT molecular complexity index is 843. The van der Waals surface area contributed by atoms with Crippen LogP contribution in [0, 0.1) is 11.3 Å². The van der Waals surface area contributed by atoms with E-state index in [2.05, 4.69) is 73.4 Å². The van der Waals surface area contributed by atoms with Crippen LogP contribution in [0.3, 0.4) is 0 Å². The molecule has 2 aromatic rings. The molecule has 1 aliphatic heterocycles. The Balaban J connectivity index is 1.42. The second-order valence-corrected chi connectivity index (χ2v) is 10.1. The largest absolute Gasteiger partial charge is 0.489 e. The normalized spacial score (nSPS) is 15.7. The van der Waals surface area contributed by atoms with E-state index in [0.717, 1.165) is 51.3 Å². The molecule has 1 fully saturated rings. The molecule has 0 spiro atoms. The summed E-state index contributed by atoms with van der Waals surface area (Å²) in [5.41, 5.74) is 2.50. The molecule has 1 amide bonds. The van der Waals surface area contributed by atoms with Crippen LogP contribution < -0.4 is 10.1 Å². The van der Waals surface area contributed by atoms with Gasteiger partial charge in [-0.1, -0.05) is 56.3 Å². The Morgan fingerprint density at radius 2 is 1.75 bits per heavy atom. The lowest BCUT2D eigenvalue weighted by molar-refractivity contribution is -0.127. The number of hydrogen-bond donors (Lipinski definition) is 1. The molecule has 5 heteroatoms. The molecule has 1 saturated heterocycles. The molecule has 32 heavy (non-hydrogen) atoms. The van der Waals surface area contributed by atoms with Gasteiger partial charge in [0, 0.05) is 25.6 Å². The molecule has 0 aromatic heterocycles. The minimum Gasteiger partial charge on any atom is -0.489 e. The van der Waals surface area contributed by atoms with Crippen molar-refractivity contribution >= 4 is 5.91 Å². The highest BCUT2D eigenvalue weighted by atomic mass is 16.5. The predicted molar refractivity (Wildman–Crippen MR) is 131 cm³/mol. The maximum absolute atomic E-state index is 12.7. The summed E-state index contributed by atoms with van der Waals surface area (Å²) in [6.45, 7) is 9.46. The molecule has 0 aliphatic carbocycles. The monoisotopic (exact) mass is 437 g/mol. The number of rotatable bonds is 10. The van der Waals surface area contributed by atoms with Crippen molar-refractivity contribution in [2.45, 2.75) is 39.8 Å². The predicted octanol–water partition coefficient (Wildman–Crippen LogP) is 4.18. The average Bonchev–Trinajstić information content (AvgIpc) is 2.77. The summed E-state index contributed by atoms with van der Waals surface area (Å²) < 4.78 is 5.97. The van der Waals surface area contributed by atoms with Crippen LogP contribution in [0.15, 0.2) is 54.6 Å². The quantitative estimate of drug-likeness (QED) is 0.606. The van der Waals surface area contributed by atoms with E-state index in [4.69, 9.17) is 4.74 Å². The number of nitrogens with zero attached hydrogens (tertiary/aromatic N) is 2. The van der Waals surface area contributed by atoms with Crippen molar-refractivity contribution in [1.82, 2.24) is 15.1 Å². The van der Waals surface area contributed by atoms with Crippen LogP contribution in [0.25, 0.3) is 0 Å². The van der Waals surface area contributed by atoms with Crippen LogP contribution in [-0.2, 0) is 17.9 Å². The van der Waals surface area contributed by atoms with E-state index in [9.17, 15) is 4.79 Å². The lowest BCUT2D eigenvalue weighted by atomic mass is 9.91. The molecule has 0 unspecified atom stereocenters. The minimum atomic E-state index is 0.0768. The zero-order valence-electron chi connectivity index (χ0n) is 20.1. The summed E-state index contributed by atoms with van der Waals surface area (Å²) in [7, 11) is 4.15. The third kappa shape index (κ3) is 7.95. The Labute approximate surface area is 193 Å². The third-order valence-electron chi connectivity index (χ3n) is 6.00. The first-order chi connectivity index (χ1) is 15.3. The maximum atomic E-state index is 12.7. The van der Waals surface area contributed by atoms with Gasteiger partial charge in [0.1, 0.15) is 12.4 Å². The average molecular weight is 438 g/mol. The molecule has 0 atom stereocenters. The summed E-state index contributed by atoms with van der Waals surface area (Å²) in [4.78, 5) is 17.3. The van der Waals surface area contributed by atoms with Gasteiger partial charge in [-0.05, 0) is 68.7 Å². The first kappa shape index (κ1) is 24.3. The summed E-state index contributed by atoms with van der Waals surface area (Å²) in [5.74, 6) is 1.25. The van der Waals surface area contributed by atoms with Gasteiger partial charge in [0.15, 0.2) is 0 Å². The van der Waals surface area contributed by atoms with Gasteiger partial charge in [0.2, 0.25) is 5.91 Å². The highest BCUT2D eigenvalue weighted by Gasteiger charge is 2.27. The van der Waals surface area contributed by atoms with Crippen LogP contribution in [0.1, 0.15) is 37.8 Å². The molecule has 5 nitrogen and oxygen atoms in total. The fraction of sp³-hybridized carbons (Fsp3) is 0.519. The molecule has 0 bridgehead atoms. The van der Waals surface area contributed by atoms with Crippen molar-refractivity contribution in [2.75, 3.05) is 40.3 Å². The van der Waals surface area contributed by atoms with Gasteiger partial charge in [0.05, 0.1) is 0 Å². The van der Waals surface area contributed by atoms with Crippen LogP contribution in [0.5, 0.6) is 5.75 Å². The van der Waals surface area contributed by atoms with Crippen molar-refractivity contribution in [3.05, 3.63) is 65.7 Å². The van der Waals surface area contributed by atoms with Crippen LogP contribution in [0.4, 0.5) is 0 Å². The van der Waals surface area contributed by atoms with E-state index in [1.807, 2.05) is 24.3 Å². The van der Waals surface area contributed by atoms with Gasteiger partial charge < -0.3 is 15.0 Å². The summed E-state index contributed by atoms with van der Waals surface area (Å²) in [6.07, 6.45) is 1.84.